The van der Waals surface area contributed by atoms with E-state index in [-0.39, 0.29) is 16.3 Å². The zero-order valence-corrected chi connectivity index (χ0v) is 15.8. The van der Waals surface area contributed by atoms with Gasteiger partial charge in [-0.3, -0.25) is 14.9 Å². The molecule has 0 saturated heterocycles. The first-order valence-electron chi connectivity index (χ1n) is 7.43. The average molecular weight is 453 g/mol. The van der Waals surface area contributed by atoms with Gasteiger partial charge in [-0.2, -0.15) is 0 Å². The molecule has 3 aromatic rings. The second-order valence-electron chi connectivity index (χ2n) is 5.34. The van der Waals surface area contributed by atoms with Gasteiger partial charge in [0.25, 0.3) is 11.6 Å². The first kappa shape index (κ1) is 18.9. The average Bonchev–Trinajstić information content (AvgIpc) is 3.05. The van der Waals surface area contributed by atoms with Crippen LogP contribution in [0, 0.1) is 15.9 Å². The third-order valence-electron chi connectivity index (χ3n) is 3.45. The number of carbonyl (C=O) groups excluding carboxylic acids is 2. The molecular formula is C17H10BrFN2O5S. The number of fused-ring (bicyclic) bond motifs is 1. The quantitative estimate of drug-likeness (QED) is 0.348. The highest BCUT2D eigenvalue weighted by molar-refractivity contribution is 9.10. The van der Waals surface area contributed by atoms with Crippen molar-refractivity contribution in [3.63, 3.8) is 0 Å². The standard InChI is InChI=1S/C17H10BrFN2O5S/c18-10-1-3-13(12(19)7-10)20-16(22)8-26-17(23)15-6-9-5-11(21(24)25)2-4-14(9)27-15/h1-7H,8H2,(H,20,22). The van der Waals surface area contributed by atoms with Crippen LogP contribution in [0.5, 0.6) is 0 Å². The number of rotatable bonds is 5. The van der Waals surface area contributed by atoms with Crippen LogP contribution in [-0.4, -0.2) is 23.4 Å². The first-order valence-corrected chi connectivity index (χ1v) is 9.04. The topological polar surface area (TPSA) is 98.5 Å². The van der Waals surface area contributed by atoms with Gasteiger partial charge in [0.1, 0.15) is 10.7 Å². The summed E-state index contributed by atoms with van der Waals surface area (Å²) in [6.07, 6.45) is 0. The minimum atomic E-state index is -0.745. The van der Waals surface area contributed by atoms with Gasteiger partial charge in [0.15, 0.2) is 6.61 Å². The molecule has 0 aliphatic rings. The number of nitro benzene ring substituents is 1. The van der Waals surface area contributed by atoms with E-state index in [4.69, 9.17) is 4.74 Å². The molecule has 27 heavy (non-hydrogen) atoms. The summed E-state index contributed by atoms with van der Waals surface area (Å²) in [6, 6.07) is 9.82. The minimum Gasteiger partial charge on any atom is -0.451 e. The Morgan fingerprint density at radius 3 is 2.70 bits per heavy atom. The maximum Gasteiger partial charge on any atom is 0.348 e. The summed E-state index contributed by atoms with van der Waals surface area (Å²) >= 11 is 4.20. The van der Waals surface area contributed by atoms with Crippen LogP contribution in [0.15, 0.2) is 46.9 Å². The Morgan fingerprint density at radius 2 is 2.00 bits per heavy atom. The molecule has 0 unspecified atom stereocenters. The van der Waals surface area contributed by atoms with Crippen LogP contribution in [0.4, 0.5) is 15.8 Å². The van der Waals surface area contributed by atoms with Crippen molar-refractivity contribution in [3.05, 3.63) is 67.7 Å². The molecule has 138 valence electrons. The zero-order chi connectivity index (χ0) is 19.6. The Kier molecular flexibility index (Phi) is 5.47. The number of benzene rings is 2. The highest BCUT2D eigenvalue weighted by atomic mass is 79.9. The van der Waals surface area contributed by atoms with Gasteiger partial charge in [-0.05, 0) is 30.3 Å². The molecule has 0 atom stereocenters. The van der Waals surface area contributed by atoms with Gasteiger partial charge in [-0.25, -0.2) is 9.18 Å². The molecule has 0 aliphatic carbocycles. The van der Waals surface area contributed by atoms with E-state index in [1.165, 1.54) is 36.4 Å². The summed E-state index contributed by atoms with van der Waals surface area (Å²) in [5.74, 6) is -2.07. The van der Waals surface area contributed by atoms with Crippen molar-refractivity contribution in [1.29, 1.82) is 0 Å². The van der Waals surface area contributed by atoms with Crippen molar-refractivity contribution in [3.8, 4) is 0 Å². The van der Waals surface area contributed by atoms with Crippen molar-refractivity contribution < 1.29 is 23.6 Å². The maximum atomic E-state index is 13.7. The summed E-state index contributed by atoms with van der Waals surface area (Å²) in [7, 11) is 0. The number of nitro groups is 1. The maximum absolute atomic E-state index is 13.7. The monoisotopic (exact) mass is 452 g/mol. The van der Waals surface area contributed by atoms with Crippen molar-refractivity contribution in [1.82, 2.24) is 0 Å². The number of anilines is 1. The van der Waals surface area contributed by atoms with Crippen LogP contribution in [0.3, 0.4) is 0 Å². The molecule has 0 spiro atoms. The van der Waals surface area contributed by atoms with Gasteiger partial charge in [-0.1, -0.05) is 15.9 Å². The van der Waals surface area contributed by atoms with Crippen LogP contribution >= 0.6 is 27.3 Å². The summed E-state index contributed by atoms with van der Waals surface area (Å²) in [5, 5.41) is 13.6. The number of esters is 1. The van der Waals surface area contributed by atoms with E-state index in [2.05, 4.69) is 21.2 Å². The Hall–Kier alpha value is -2.85. The molecule has 0 radical (unpaired) electrons. The van der Waals surface area contributed by atoms with E-state index in [1.807, 2.05) is 0 Å². The number of nitrogens with one attached hydrogen (secondary N) is 1. The lowest BCUT2D eigenvalue weighted by molar-refractivity contribution is -0.384. The number of halogens is 2. The normalized spacial score (nSPS) is 10.6. The lowest BCUT2D eigenvalue weighted by Crippen LogP contribution is -2.21. The van der Waals surface area contributed by atoms with Crippen LogP contribution < -0.4 is 5.32 Å². The third kappa shape index (κ3) is 4.47. The van der Waals surface area contributed by atoms with E-state index in [0.29, 0.717) is 14.6 Å². The molecule has 1 aromatic heterocycles. The van der Waals surface area contributed by atoms with Gasteiger partial charge in [0.05, 0.1) is 10.6 Å². The largest absolute Gasteiger partial charge is 0.451 e. The van der Waals surface area contributed by atoms with Gasteiger partial charge >= 0.3 is 5.97 Å². The predicted octanol–water partition coefficient (Wildman–Crippen LogP) is 4.51. The van der Waals surface area contributed by atoms with Crippen molar-refractivity contribution in [2.45, 2.75) is 0 Å². The van der Waals surface area contributed by atoms with Gasteiger partial charge < -0.3 is 10.1 Å². The smallest absolute Gasteiger partial charge is 0.348 e. The molecule has 0 aliphatic heterocycles. The van der Waals surface area contributed by atoms with Crippen LogP contribution in [0.2, 0.25) is 0 Å². The Morgan fingerprint density at radius 1 is 1.22 bits per heavy atom. The number of thiophene rings is 1. The summed E-state index contributed by atoms with van der Waals surface area (Å²) in [4.78, 5) is 34.4. The van der Waals surface area contributed by atoms with Crippen LogP contribution in [0.25, 0.3) is 10.1 Å². The molecular weight excluding hydrogens is 443 g/mol. The van der Waals surface area contributed by atoms with E-state index in [1.54, 1.807) is 6.07 Å². The summed E-state index contributed by atoms with van der Waals surface area (Å²) in [6.45, 7) is -0.595. The number of hydrogen-bond acceptors (Lipinski definition) is 6. The molecule has 7 nitrogen and oxygen atoms in total. The van der Waals surface area contributed by atoms with Gasteiger partial charge in [-0.15, -0.1) is 11.3 Å². The van der Waals surface area contributed by atoms with Crippen molar-refractivity contribution in [2.75, 3.05) is 11.9 Å². The third-order valence-corrected chi connectivity index (χ3v) is 5.04. The second kappa shape index (κ2) is 7.80. The van der Waals surface area contributed by atoms with E-state index < -0.39 is 29.2 Å². The van der Waals surface area contributed by atoms with Crippen LogP contribution in [-0.2, 0) is 9.53 Å². The number of hydrogen-bond donors (Lipinski definition) is 1. The summed E-state index contributed by atoms with van der Waals surface area (Å²) in [5.41, 5.74) is -0.121. The fraction of sp³-hybridized carbons (Fsp3) is 0.0588. The van der Waals surface area contributed by atoms with E-state index >= 15 is 0 Å². The number of nitrogens with zero attached hydrogens (tertiary/aromatic N) is 1. The number of non-ortho nitro benzene ring substituents is 1. The van der Waals surface area contributed by atoms with Crippen molar-refractivity contribution >= 4 is 60.6 Å². The lowest BCUT2D eigenvalue weighted by Gasteiger charge is -2.07. The van der Waals surface area contributed by atoms with Crippen LogP contribution in [0.1, 0.15) is 9.67 Å². The van der Waals surface area contributed by atoms with Gasteiger partial charge in [0, 0.05) is 26.7 Å². The fourth-order valence-electron chi connectivity index (χ4n) is 2.22. The molecule has 10 heteroatoms. The number of amides is 1. The second-order valence-corrected chi connectivity index (χ2v) is 7.34. The van der Waals surface area contributed by atoms with Crippen molar-refractivity contribution in [2.24, 2.45) is 0 Å². The molecule has 0 fully saturated rings. The molecule has 3 rings (SSSR count). The molecule has 1 amide bonds. The molecule has 1 N–H and O–H groups in total. The molecule has 1 heterocycles. The van der Waals surface area contributed by atoms with Gasteiger partial charge in [0.2, 0.25) is 0 Å². The van der Waals surface area contributed by atoms with E-state index in [0.717, 1.165) is 11.3 Å². The fourth-order valence-corrected chi connectivity index (χ4v) is 3.49. The highest BCUT2D eigenvalue weighted by Gasteiger charge is 2.16. The molecule has 2 aromatic carbocycles. The van der Waals surface area contributed by atoms with E-state index in [9.17, 15) is 24.1 Å². The Balaban J connectivity index is 1.64. The Labute approximate surface area is 164 Å². The minimum absolute atomic E-state index is 0.0339. The Bertz CT molecular complexity index is 1070. The lowest BCUT2D eigenvalue weighted by atomic mass is 10.2. The first-order chi connectivity index (χ1) is 12.8. The molecule has 0 saturated carbocycles. The molecule has 0 bridgehead atoms. The zero-order valence-electron chi connectivity index (χ0n) is 13.4. The number of ether oxygens (including phenoxy) is 1. The summed E-state index contributed by atoms with van der Waals surface area (Å²) < 4.78 is 19.8. The predicted molar refractivity (Wildman–Crippen MR) is 101 cm³/mol. The SMILES string of the molecule is O=C(COC(=O)c1cc2cc([N+](=O)[O-])ccc2s1)Nc1ccc(Br)cc1F. The highest BCUT2D eigenvalue weighted by Crippen LogP contribution is 2.29. The number of carbonyl (C=O) groups is 2.